The molecule has 0 saturated heterocycles. The smallest absolute Gasteiger partial charge is 0.406 e. The number of thiocarbonyl (C=S) groups is 1. The van der Waals surface area contributed by atoms with E-state index in [1.54, 1.807) is 0 Å². The van der Waals surface area contributed by atoms with Gasteiger partial charge in [-0.2, -0.15) is 0 Å². The fourth-order valence-electron chi connectivity index (χ4n) is 3.69. The largest absolute Gasteiger partial charge is 0.573 e. The number of rotatable bonds is 7. The number of urea groups is 1. The maximum atomic E-state index is 12.3. The number of nitrogens with zero attached hydrogens (tertiary/aromatic N) is 3. The summed E-state index contributed by atoms with van der Waals surface area (Å²) in [6, 6.07) is 19.9. The number of aromatic nitrogens is 3. The van der Waals surface area contributed by atoms with E-state index in [9.17, 15) is 18.0 Å². The molecule has 1 heterocycles. The van der Waals surface area contributed by atoms with Crippen molar-refractivity contribution in [3.8, 4) is 22.8 Å². The van der Waals surface area contributed by atoms with Crippen molar-refractivity contribution in [2.45, 2.75) is 32.7 Å². The van der Waals surface area contributed by atoms with Gasteiger partial charge in [0, 0.05) is 17.8 Å². The molecule has 0 unspecified atom stereocenters. The second-order valence-electron chi connectivity index (χ2n) is 8.76. The molecule has 0 radical (unpaired) electrons. The number of halogens is 3. The molecule has 3 N–H and O–H groups in total. The van der Waals surface area contributed by atoms with Crippen molar-refractivity contribution in [2.24, 2.45) is 0 Å². The van der Waals surface area contributed by atoms with Crippen LogP contribution in [0.1, 0.15) is 30.9 Å². The maximum Gasteiger partial charge on any atom is 0.573 e. The third-order valence-corrected chi connectivity index (χ3v) is 5.75. The molecule has 3 aromatic carbocycles. The summed E-state index contributed by atoms with van der Waals surface area (Å²) in [6.07, 6.45) is -3.29. The first-order valence-electron chi connectivity index (χ1n) is 11.9. The van der Waals surface area contributed by atoms with E-state index in [2.05, 4.69) is 44.6 Å². The SMILES string of the molecule is CC(C)c1ccccc1NC(=S)NC(=O)NCc1ccc(-c2ncn(-c3ccc(OC(F)(F)F)cc3)n2)cc1. The molecule has 0 atom stereocenters. The van der Waals surface area contributed by atoms with Gasteiger partial charge < -0.3 is 15.4 Å². The maximum absolute atomic E-state index is 12.3. The summed E-state index contributed by atoms with van der Waals surface area (Å²) in [5.41, 5.74) is 4.04. The summed E-state index contributed by atoms with van der Waals surface area (Å²) in [5, 5.41) is 13.0. The zero-order chi connectivity index (χ0) is 28.0. The molecule has 0 aliphatic heterocycles. The molecule has 4 rings (SSSR count). The molecule has 0 aliphatic rings. The first kappa shape index (κ1) is 27.6. The van der Waals surface area contributed by atoms with Gasteiger partial charge in [-0.3, -0.25) is 5.32 Å². The highest BCUT2D eigenvalue weighted by molar-refractivity contribution is 7.80. The van der Waals surface area contributed by atoms with E-state index in [0.29, 0.717) is 17.4 Å². The average molecular weight is 555 g/mol. The Morgan fingerprint density at radius 2 is 1.72 bits per heavy atom. The topological polar surface area (TPSA) is 93.1 Å². The summed E-state index contributed by atoms with van der Waals surface area (Å²) in [7, 11) is 0. The van der Waals surface area contributed by atoms with Gasteiger partial charge in [-0.1, -0.05) is 56.3 Å². The number of hydrogen-bond donors (Lipinski definition) is 3. The average Bonchev–Trinajstić information content (AvgIpc) is 3.38. The summed E-state index contributed by atoms with van der Waals surface area (Å²) in [5.74, 6) is 0.408. The van der Waals surface area contributed by atoms with Crippen LogP contribution >= 0.6 is 12.2 Å². The van der Waals surface area contributed by atoms with E-state index in [4.69, 9.17) is 12.2 Å². The second kappa shape index (κ2) is 11.9. The minimum absolute atomic E-state index is 0.195. The fourth-order valence-corrected chi connectivity index (χ4v) is 3.89. The number of benzene rings is 3. The predicted octanol–water partition coefficient (Wildman–Crippen LogP) is 6.15. The normalized spacial score (nSPS) is 11.2. The Hall–Kier alpha value is -4.45. The first-order valence-corrected chi connectivity index (χ1v) is 12.3. The molecule has 0 fully saturated rings. The van der Waals surface area contributed by atoms with Crippen LogP contribution in [0.2, 0.25) is 0 Å². The van der Waals surface area contributed by atoms with Crippen molar-refractivity contribution in [1.29, 1.82) is 0 Å². The molecule has 39 heavy (non-hydrogen) atoms. The Balaban J connectivity index is 1.29. The lowest BCUT2D eigenvalue weighted by atomic mass is 10.0. The van der Waals surface area contributed by atoms with Crippen molar-refractivity contribution in [2.75, 3.05) is 5.32 Å². The molecule has 202 valence electrons. The third-order valence-electron chi connectivity index (χ3n) is 5.55. The van der Waals surface area contributed by atoms with Crippen LogP contribution in [0.25, 0.3) is 17.1 Å². The molecule has 1 aromatic heterocycles. The number of nitrogens with one attached hydrogen (secondary N) is 3. The molecule has 12 heteroatoms. The number of hydrogen-bond acceptors (Lipinski definition) is 5. The highest BCUT2D eigenvalue weighted by Gasteiger charge is 2.31. The van der Waals surface area contributed by atoms with Crippen LogP contribution in [0.4, 0.5) is 23.7 Å². The van der Waals surface area contributed by atoms with Crippen LogP contribution in [0.3, 0.4) is 0 Å². The third kappa shape index (κ3) is 7.77. The highest BCUT2D eigenvalue weighted by atomic mass is 32.1. The van der Waals surface area contributed by atoms with Crippen molar-refractivity contribution < 1.29 is 22.7 Å². The zero-order valence-corrected chi connectivity index (χ0v) is 21.8. The van der Waals surface area contributed by atoms with Crippen LogP contribution < -0.4 is 20.7 Å². The van der Waals surface area contributed by atoms with E-state index in [-0.39, 0.29) is 17.4 Å². The van der Waals surface area contributed by atoms with Crippen molar-refractivity contribution in [1.82, 2.24) is 25.4 Å². The Labute approximate surface area is 228 Å². The molecular weight excluding hydrogens is 529 g/mol. The van der Waals surface area contributed by atoms with Gasteiger partial charge in [0.1, 0.15) is 12.1 Å². The van der Waals surface area contributed by atoms with Crippen molar-refractivity contribution >= 4 is 29.0 Å². The second-order valence-corrected chi connectivity index (χ2v) is 9.16. The molecule has 0 spiro atoms. The van der Waals surface area contributed by atoms with E-state index in [0.717, 1.165) is 22.4 Å². The zero-order valence-electron chi connectivity index (χ0n) is 21.0. The number of carbonyl (C=O) groups is 1. The molecular formula is C27H25F3N6O2S. The molecule has 2 amide bonds. The lowest BCUT2D eigenvalue weighted by molar-refractivity contribution is -0.274. The Kier molecular flexibility index (Phi) is 8.45. The molecule has 4 aromatic rings. The number of carbonyl (C=O) groups excluding carboxylic acids is 1. The van der Waals surface area contributed by atoms with Crippen molar-refractivity contribution in [3.05, 3.63) is 90.3 Å². The highest BCUT2D eigenvalue weighted by Crippen LogP contribution is 2.25. The van der Waals surface area contributed by atoms with Gasteiger partial charge in [0.05, 0.1) is 5.69 Å². The summed E-state index contributed by atoms with van der Waals surface area (Å²) >= 11 is 5.27. The van der Waals surface area contributed by atoms with Crippen LogP contribution in [-0.4, -0.2) is 32.3 Å². The number of para-hydroxylation sites is 1. The van der Waals surface area contributed by atoms with E-state index in [1.807, 2.05) is 48.5 Å². The Morgan fingerprint density at radius 1 is 1.03 bits per heavy atom. The van der Waals surface area contributed by atoms with E-state index < -0.39 is 12.4 Å². The first-order chi connectivity index (χ1) is 18.6. The van der Waals surface area contributed by atoms with Gasteiger partial charge in [0.25, 0.3) is 0 Å². The molecule has 0 saturated carbocycles. The molecule has 0 bridgehead atoms. The quantitative estimate of drug-likeness (QED) is 0.237. The van der Waals surface area contributed by atoms with Crippen LogP contribution in [0.15, 0.2) is 79.1 Å². The lowest BCUT2D eigenvalue weighted by Crippen LogP contribution is -2.41. The summed E-state index contributed by atoms with van der Waals surface area (Å²) < 4.78 is 42.4. The van der Waals surface area contributed by atoms with Gasteiger partial charge >= 0.3 is 12.4 Å². The lowest BCUT2D eigenvalue weighted by Gasteiger charge is -2.15. The van der Waals surface area contributed by atoms with Gasteiger partial charge in [-0.15, -0.1) is 18.3 Å². The Morgan fingerprint density at radius 3 is 2.38 bits per heavy atom. The van der Waals surface area contributed by atoms with Gasteiger partial charge in [0.15, 0.2) is 10.9 Å². The number of anilines is 1. The van der Waals surface area contributed by atoms with Gasteiger partial charge in [0.2, 0.25) is 0 Å². The number of alkyl halides is 3. The summed E-state index contributed by atoms with van der Waals surface area (Å²) in [4.78, 5) is 16.6. The number of amides is 2. The number of ether oxygens (including phenoxy) is 1. The van der Waals surface area contributed by atoms with E-state index in [1.165, 1.54) is 35.3 Å². The van der Waals surface area contributed by atoms with Crippen LogP contribution in [0.5, 0.6) is 5.75 Å². The van der Waals surface area contributed by atoms with Crippen LogP contribution in [0, 0.1) is 0 Å². The van der Waals surface area contributed by atoms with E-state index >= 15 is 0 Å². The van der Waals surface area contributed by atoms with Crippen molar-refractivity contribution in [3.63, 3.8) is 0 Å². The summed E-state index contributed by atoms with van der Waals surface area (Å²) in [6.45, 7) is 4.43. The predicted molar refractivity (Wildman–Crippen MR) is 146 cm³/mol. The molecule has 0 aliphatic carbocycles. The molecule has 8 nitrogen and oxygen atoms in total. The minimum atomic E-state index is -4.75. The standard InChI is InChI=1S/C27H25F3N6O2S/c1-17(2)22-5-3-4-6-23(22)33-26(39)34-25(37)31-15-18-7-9-19(10-8-18)24-32-16-36(35-24)20-11-13-21(14-12-20)38-27(28,29)30/h3-14,16-17H,15H2,1-2H3,(H3,31,33,34,37,39). The minimum Gasteiger partial charge on any atom is -0.406 e. The fraction of sp³-hybridized carbons (Fsp3) is 0.185. The van der Waals surface area contributed by atoms with Crippen LogP contribution in [-0.2, 0) is 6.54 Å². The monoisotopic (exact) mass is 554 g/mol. The van der Waals surface area contributed by atoms with Gasteiger partial charge in [-0.25, -0.2) is 14.5 Å². The Bertz CT molecular complexity index is 1440. The van der Waals surface area contributed by atoms with Gasteiger partial charge in [-0.05, 0) is 59.6 Å².